The van der Waals surface area contributed by atoms with Crippen LogP contribution in [0.2, 0.25) is 0 Å². The molecule has 0 bridgehead atoms. The van der Waals surface area contributed by atoms with E-state index in [1.807, 2.05) is 0 Å². The van der Waals surface area contributed by atoms with Crippen LogP contribution in [-0.2, 0) is 6.54 Å². The highest BCUT2D eigenvalue weighted by molar-refractivity contribution is 7.11. The highest BCUT2D eigenvalue weighted by atomic mass is 32.1. The second-order valence-electron chi connectivity index (χ2n) is 4.67. The molecule has 0 atom stereocenters. The van der Waals surface area contributed by atoms with E-state index in [1.54, 1.807) is 17.5 Å². The van der Waals surface area contributed by atoms with Crippen LogP contribution in [0.5, 0.6) is 0 Å². The van der Waals surface area contributed by atoms with Crippen LogP contribution in [0.25, 0.3) is 0 Å². The van der Waals surface area contributed by atoms with Gasteiger partial charge in [0.15, 0.2) is 0 Å². The molecule has 106 valence electrons. The summed E-state index contributed by atoms with van der Waals surface area (Å²) in [5.74, 6) is -1.62. The molecule has 0 aliphatic rings. The lowest BCUT2D eigenvalue weighted by molar-refractivity contribution is 0.0692. The molecule has 1 heterocycles. The topological polar surface area (TPSA) is 62.2 Å². The lowest BCUT2D eigenvalue weighted by atomic mass is 10.2. The van der Waals surface area contributed by atoms with Crippen LogP contribution in [0.1, 0.15) is 40.0 Å². The Kier molecular flexibility index (Phi) is 4.34. The molecule has 0 radical (unpaired) electrons. The zero-order chi connectivity index (χ0) is 14.7. The van der Waals surface area contributed by atoms with Gasteiger partial charge in [-0.15, -0.1) is 11.3 Å². The van der Waals surface area contributed by atoms with Gasteiger partial charge in [-0.05, 0) is 18.2 Å². The number of carboxylic acid groups (broad SMARTS) is 1. The number of anilines is 1. The average Bonchev–Trinajstić information content (AvgIpc) is 2.86. The average molecular weight is 294 g/mol. The number of rotatable bonds is 5. The number of carboxylic acids is 1. The first-order valence-corrected chi connectivity index (χ1v) is 7.00. The minimum absolute atomic E-state index is 0.331. The number of thiazole rings is 1. The second kappa shape index (κ2) is 6.00. The number of benzene rings is 1. The van der Waals surface area contributed by atoms with Gasteiger partial charge in [0.05, 0.1) is 17.1 Å². The summed E-state index contributed by atoms with van der Waals surface area (Å²) in [6.45, 7) is 4.69. The van der Waals surface area contributed by atoms with Gasteiger partial charge < -0.3 is 10.4 Å². The number of aromatic nitrogens is 1. The van der Waals surface area contributed by atoms with E-state index in [2.05, 4.69) is 24.1 Å². The normalized spacial score (nSPS) is 10.8. The molecule has 20 heavy (non-hydrogen) atoms. The summed E-state index contributed by atoms with van der Waals surface area (Å²) in [6, 6.07) is 3.96. The molecule has 1 aromatic heterocycles. The number of nitrogens with one attached hydrogen (secondary N) is 1. The Balaban J connectivity index is 2.06. The van der Waals surface area contributed by atoms with Gasteiger partial charge in [-0.25, -0.2) is 14.2 Å². The Hall–Kier alpha value is -1.95. The Morgan fingerprint density at radius 3 is 2.85 bits per heavy atom. The van der Waals surface area contributed by atoms with Crippen molar-refractivity contribution in [1.29, 1.82) is 0 Å². The maximum Gasteiger partial charge on any atom is 0.338 e. The Labute approximate surface area is 120 Å². The fraction of sp³-hybridized carbons (Fsp3) is 0.286. The molecule has 0 amide bonds. The van der Waals surface area contributed by atoms with E-state index in [4.69, 9.17) is 5.11 Å². The molecule has 2 N–H and O–H groups in total. The second-order valence-corrected chi connectivity index (χ2v) is 5.82. The van der Waals surface area contributed by atoms with Gasteiger partial charge in [-0.3, -0.25) is 0 Å². The van der Waals surface area contributed by atoms with E-state index in [0.717, 1.165) is 16.0 Å². The third-order valence-electron chi connectivity index (χ3n) is 2.73. The summed E-state index contributed by atoms with van der Waals surface area (Å²) in [5, 5.41) is 13.0. The van der Waals surface area contributed by atoms with E-state index >= 15 is 0 Å². The number of nitrogens with zero attached hydrogens (tertiary/aromatic N) is 1. The molecule has 6 heteroatoms. The molecule has 4 nitrogen and oxygen atoms in total. The first kappa shape index (κ1) is 14.5. The summed E-state index contributed by atoms with van der Waals surface area (Å²) in [5.41, 5.74) is 0.241. The van der Waals surface area contributed by atoms with Gasteiger partial charge in [0.25, 0.3) is 0 Å². The molecule has 0 unspecified atom stereocenters. The number of carbonyl (C=O) groups is 1. The van der Waals surface area contributed by atoms with Gasteiger partial charge in [0.2, 0.25) is 0 Å². The quantitative estimate of drug-likeness (QED) is 0.882. The van der Waals surface area contributed by atoms with Crippen molar-refractivity contribution in [3.8, 4) is 0 Å². The van der Waals surface area contributed by atoms with E-state index in [1.165, 1.54) is 12.1 Å². The van der Waals surface area contributed by atoms with Gasteiger partial charge in [0.1, 0.15) is 5.82 Å². The maximum atomic E-state index is 13.3. The Morgan fingerprint density at radius 2 is 2.25 bits per heavy atom. The zero-order valence-electron chi connectivity index (χ0n) is 11.2. The molecule has 0 fully saturated rings. The maximum absolute atomic E-state index is 13.3. The minimum atomic E-state index is -1.27. The minimum Gasteiger partial charge on any atom is -0.478 e. The highest BCUT2D eigenvalue weighted by Crippen LogP contribution is 2.22. The number of halogens is 1. The fourth-order valence-corrected chi connectivity index (χ4v) is 2.52. The summed E-state index contributed by atoms with van der Waals surface area (Å²) in [6.07, 6.45) is 1.80. The van der Waals surface area contributed by atoms with Gasteiger partial charge in [-0.1, -0.05) is 13.8 Å². The van der Waals surface area contributed by atoms with Crippen molar-refractivity contribution in [1.82, 2.24) is 4.98 Å². The van der Waals surface area contributed by atoms with Crippen LogP contribution in [-0.4, -0.2) is 16.1 Å². The molecule has 0 aliphatic heterocycles. The van der Waals surface area contributed by atoms with E-state index in [-0.39, 0.29) is 5.56 Å². The molecule has 0 spiro atoms. The van der Waals surface area contributed by atoms with Crippen LogP contribution in [0, 0.1) is 5.82 Å². The summed E-state index contributed by atoms with van der Waals surface area (Å²) >= 11 is 1.61. The van der Waals surface area contributed by atoms with Crippen molar-refractivity contribution < 1.29 is 14.3 Å². The summed E-state index contributed by atoms with van der Waals surface area (Å²) in [4.78, 5) is 16.2. The van der Waals surface area contributed by atoms with Crippen LogP contribution < -0.4 is 5.32 Å². The molecule has 2 rings (SSSR count). The SMILES string of the molecule is CC(C)c1ncc(CNc2ccc(F)c(C(=O)O)c2)s1. The zero-order valence-corrected chi connectivity index (χ0v) is 12.0. The van der Waals surface area contributed by atoms with Crippen LogP contribution in [0.15, 0.2) is 24.4 Å². The third kappa shape index (κ3) is 3.33. The van der Waals surface area contributed by atoms with Crippen molar-refractivity contribution in [2.75, 3.05) is 5.32 Å². The largest absolute Gasteiger partial charge is 0.478 e. The smallest absolute Gasteiger partial charge is 0.338 e. The number of hydrogen-bond donors (Lipinski definition) is 2. The lowest BCUT2D eigenvalue weighted by Gasteiger charge is -2.06. The Bertz CT molecular complexity index is 625. The van der Waals surface area contributed by atoms with Crippen molar-refractivity contribution >= 4 is 23.0 Å². The summed E-state index contributed by atoms with van der Waals surface area (Å²) in [7, 11) is 0. The van der Waals surface area contributed by atoms with Crippen LogP contribution >= 0.6 is 11.3 Å². The Morgan fingerprint density at radius 1 is 1.50 bits per heavy atom. The van der Waals surface area contributed by atoms with Crippen molar-refractivity contribution in [3.05, 3.63) is 45.7 Å². The van der Waals surface area contributed by atoms with Gasteiger partial charge >= 0.3 is 5.97 Å². The lowest BCUT2D eigenvalue weighted by Crippen LogP contribution is -2.03. The van der Waals surface area contributed by atoms with Crippen molar-refractivity contribution in [2.24, 2.45) is 0 Å². The highest BCUT2D eigenvalue weighted by Gasteiger charge is 2.11. The molecule has 0 aliphatic carbocycles. The van der Waals surface area contributed by atoms with Crippen LogP contribution in [0.4, 0.5) is 10.1 Å². The molecular formula is C14H15FN2O2S. The van der Waals surface area contributed by atoms with E-state index < -0.39 is 11.8 Å². The molecule has 2 aromatic rings. The first-order valence-electron chi connectivity index (χ1n) is 6.18. The first-order chi connectivity index (χ1) is 9.47. The van der Waals surface area contributed by atoms with Gasteiger partial charge in [0, 0.05) is 22.7 Å². The predicted molar refractivity (Wildman–Crippen MR) is 76.9 cm³/mol. The van der Waals surface area contributed by atoms with E-state index in [9.17, 15) is 9.18 Å². The molecule has 1 aromatic carbocycles. The molecular weight excluding hydrogens is 279 g/mol. The predicted octanol–water partition coefficient (Wildman–Crippen LogP) is 3.72. The third-order valence-corrected chi connectivity index (χ3v) is 4.03. The standard InChI is InChI=1S/C14H15FN2O2S/c1-8(2)13-17-7-10(20-13)6-16-9-3-4-12(15)11(5-9)14(18)19/h3-5,7-8,16H,6H2,1-2H3,(H,18,19). The van der Waals surface area contributed by atoms with Crippen molar-refractivity contribution in [3.63, 3.8) is 0 Å². The van der Waals surface area contributed by atoms with Crippen LogP contribution in [0.3, 0.4) is 0 Å². The summed E-state index contributed by atoms with van der Waals surface area (Å²) < 4.78 is 13.3. The molecule has 0 saturated heterocycles. The van der Waals surface area contributed by atoms with Crippen molar-refractivity contribution in [2.45, 2.75) is 26.3 Å². The number of hydrogen-bond acceptors (Lipinski definition) is 4. The van der Waals surface area contributed by atoms with E-state index in [0.29, 0.717) is 18.2 Å². The fourth-order valence-electron chi connectivity index (χ4n) is 1.66. The monoisotopic (exact) mass is 294 g/mol. The van der Waals surface area contributed by atoms with Gasteiger partial charge in [-0.2, -0.15) is 0 Å². The number of aromatic carboxylic acids is 1. The molecule has 0 saturated carbocycles.